The third kappa shape index (κ3) is 3.52. The van der Waals surface area contributed by atoms with Gasteiger partial charge in [0.25, 0.3) is 0 Å². The molecule has 0 saturated carbocycles. The van der Waals surface area contributed by atoms with E-state index >= 15 is 0 Å². The molecule has 0 atom stereocenters. The van der Waals surface area contributed by atoms with E-state index in [0.717, 1.165) is 12.1 Å². The Bertz CT molecular complexity index is 518. The van der Waals surface area contributed by atoms with Crippen molar-refractivity contribution in [1.29, 1.82) is 0 Å². The monoisotopic (exact) mass is 325 g/mol. The third-order valence-electron chi connectivity index (χ3n) is 2.96. The Labute approximate surface area is 122 Å². The molecule has 0 unspecified atom stereocenters. The zero-order valence-corrected chi connectivity index (χ0v) is 11.7. The number of amides is 1. The van der Waals surface area contributed by atoms with Crippen molar-refractivity contribution in [2.75, 3.05) is 18.8 Å². The summed E-state index contributed by atoms with van der Waals surface area (Å²) in [6.45, 7) is 0.918. The lowest BCUT2D eigenvalue weighted by Gasteiger charge is -2.36. The van der Waals surface area contributed by atoms with Crippen LogP contribution in [0.4, 0.5) is 18.0 Å². The largest absolute Gasteiger partial charge is 0.465 e. The smallest absolute Gasteiger partial charge is 0.416 e. The maximum absolute atomic E-state index is 12.5. The van der Waals surface area contributed by atoms with Crippen molar-refractivity contribution in [1.82, 2.24) is 4.90 Å². The van der Waals surface area contributed by atoms with Crippen LogP contribution in [-0.2, 0) is 6.18 Å². The van der Waals surface area contributed by atoms with Crippen LogP contribution in [0.5, 0.6) is 0 Å². The van der Waals surface area contributed by atoms with Crippen LogP contribution in [0.15, 0.2) is 23.1 Å². The molecule has 3 nitrogen and oxygen atoms in total. The fourth-order valence-electron chi connectivity index (χ4n) is 1.83. The summed E-state index contributed by atoms with van der Waals surface area (Å²) >= 11 is 7.18. The Morgan fingerprint density at radius 1 is 1.45 bits per heavy atom. The first kappa shape index (κ1) is 15.3. The van der Waals surface area contributed by atoms with Gasteiger partial charge in [-0.05, 0) is 18.2 Å². The predicted octanol–water partition coefficient (Wildman–Crippen LogP) is 4.06. The van der Waals surface area contributed by atoms with Crippen molar-refractivity contribution in [3.05, 3.63) is 28.8 Å². The Hall–Kier alpha value is -1.08. The Morgan fingerprint density at radius 3 is 2.60 bits per heavy atom. The number of carboxylic acid groups (broad SMARTS) is 1. The summed E-state index contributed by atoms with van der Waals surface area (Å²) in [5.74, 6) is 0.851. The number of likely N-dealkylation sites (tertiary alicyclic amines) is 1. The van der Waals surface area contributed by atoms with Gasteiger partial charge in [0.1, 0.15) is 0 Å². The van der Waals surface area contributed by atoms with Gasteiger partial charge in [-0.25, -0.2) is 4.79 Å². The van der Waals surface area contributed by atoms with Crippen LogP contribution < -0.4 is 0 Å². The van der Waals surface area contributed by atoms with Gasteiger partial charge in [0.2, 0.25) is 0 Å². The van der Waals surface area contributed by atoms with Crippen LogP contribution in [0, 0.1) is 5.92 Å². The van der Waals surface area contributed by atoms with E-state index in [0.29, 0.717) is 23.7 Å². The molecule has 110 valence electrons. The van der Waals surface area contributed by atoms with E-state index in [1.807, 2.05) is 0 Å². The first-order valence-corrected chi connectivity index (χ1v) is 7.11. The number of rotatable bonds is 3. The minimum atomic E-state index is -4.40. The second kappa shape index (κ2) is 5.73. The highest BCUT2D eigenvalue weighted by atomic mass is 35.5. The summed E-state index contributed by atoms with van der Waals surface area (Å²) in [7, 11) is 0. The highest BCUT2D eigenvalue weighted by molar-refractivity contribution is 7.99. The lowest BCUT2D eigenvalue weighted by molar-refractivity contribution is -0.137. The zero-order valence-electron chi connectivity index (χ0n) is 10.2. The lowest BCUT2D eigenvalue weighted by Crippen LogP contribution is -2.50. The quantitative estimate of drug-likeness (QED) is 0.852. The number of halogens is 4. The molecule has 2 rings (SSSR count). The zero-order chi connectivity index (χ0) is 14.9. The molecule has 0 aromatic heterocycles. The van der Waals surface area contributed by atoms with Gasteiger partial charge >= 0.3 is 12.3 Å². The number of nitrogens with zero attached hydrogens (tertiary/aromatic N) is 1. The van der Waals surface area contributed by atoms with Crippen LogP contribution in [0.3, 0.4) is 0 Å². The maximum atomic E-state index is 12.5. The molecule has 1 aromatic carbocycles. The van der Waals surface area contributed by atoms with Crippen molar-refractivity contribution in [3.8, 4) is 0 Å². The number of carbonyl (C=O) groups is 1. The van der Waals surface area contributed by atoms with Crippen molar-refractivity contribution >= 4 is 29.5 Å². The van der Waals surface area contributed by atoms with Gasteiger partial charge in [0, 0.05) is 29.7 Å². The number of alkyl halides is 3. The molecule has 1 amide bonds. The van der Waals surface area contributed by atoms with Crippen molar-refractivity contribution in [3.63, 3.8) is 0 Å². The predicted molar refractivity (Wildman–Crippen MR) is 70.3 cm³/mol. The first-order chi connectivity index (χ1) is 9.27. The summed E-state index contributed by atoms with van der Waals surface area (Å²) in [6, 6.07) is 3.26. The molecular formula is C12H11ClF3NO2S. The molecule has 1 saturated heterocycles. The minimum Gasteiger partial charge on any atom is -0.465 e. The molecule has 0 radical (unpaired) electrons. The van der Waals surface area contributed by atoms with Crippen molar-refractivity contribution in [2.45, 2.75) is 11.1 Å². The average molecular weight is 326 g/mol. The van der Waals surface area contributed by atoms with E-state index in [2.05, 4.69) is 0 Å². The van der Waals surface area contributed by atoms with Gasteiger partial charge in [-0.15, -0.1) is 11.8 Å². The topological polar surface area (TPSA) is 40.5 Å². The molecule has 1 fully saturated rings. The summed E-state index contributed by atoms with van der Waals surface area (Å²) < 4.78 is 37.4. The van der Waals surface area contributed by atoms with E-state index in [9.17, 15) is 18.0 Å². The fourth-order valence-corrected chi connectivity index (χ4v) is 3.16. The molecule has 8 heteroatoms. The van der Waals surface area contributed by atoms with Gasteiger partial charge in [-0.1, -0.05) is 11.6 Å². The molecule has 0 aliphatic carbocycles. The van der Waals surface area contributed by atoms with E-state index in [1.165, 1.54) is 22.7 Å². The molecule has 1 aromatic rings. The summed E-state index contributed by atoms with van der Waals surface area (Å²) in [5.41, 5.74) is -0.771. The summed E-state index contributed by atoms with van der Waals surface area (Å²) in [5, 5.41) is 8.75. The highest BCUT2D eigenvalue weighted by Gasteiger charge is 2.32. The standard InChI is InChI=1S/C12H11ClF3NO2S/c13-9-3-8(12(14,15)16)1-2-10(9)20-6-7-4-17(5-7)11(18)19/h1-3,7H,4-6H2,(H,18,19). The lowest BCUT2D eigenvalue weighted by atomic mass is 10.0. The molecule has 1 aliphatic heterocycles. The molecule has 20 heavy (non-hydrogen) atoms. The normalized spacial score (nSPS) is 16.1. The van der Waals surface area contributed by atoms with Gasteiger partial charge in [0.05, 0.1) is 10.6 Å². The molecule has 1 aliphatic rings. The number of benzene rings is 1. The summed E-state index contributed by atoms with van der Waals surface area (Å²) in [4.78, 5) is 12.4. The molecule has 1 heterocycles. The Balaban J connectivity index is 1.90. The Kier molecular flexibility index (Phi) is 4.39. The van der Waals surface area contributed by atoms with Crippen LogP contribution >= 0.6 is 23.4 Å². The highest BCUT2D eigenvalue weighted by Crippen LogP contribution is 2.36. The van der Waals surface area contributed by atoms with E-state index in [-0.39, 0.29) is 10.9 Å². The first-order valence-electron chi connectivity index (χ1n) is 5.75. The minimum absolute atomic E-state index is 0.0687. The molecule has 0 bridgehead atoms. The number of hydrogen-bond donors (Lipinski definition) is 1. The number of thioether (sulfide) groups is 1. The van der Waals surface area contributed by atoms with Crippen LogP contribution in [0.25, 0.3) is 0 Å². The Morgan fingerprint density at radius 2 is 2.10 bits per heavy atom. The van der Waals surface area contributed by atoms with Gasteiger partial charge in [-0.3, -0.25) is 0 Å². The third-order valence-corrected chi connectivity index (χ3v) is 4.69. The second-order valence-electron chi connectivity index (χ2n) is 4.51. The van der Waals surface area contributed by atoms with Crippen LogP contribution in [0.2, 0.25) is 5.02 Å². The molecular weight excluding hydrogens is 315 g/mol. The number of hydrogen-bond acceptors (Lipinski definition) is 2. The molecule has 0 spiro atoms. The van der Waals surface area contributed by atoms with Crippen molar-refractivity contribution in [2.24, 2.45) is 5.92 Å². The van der Waals surface area contributed by atoms with Crippen molar-refractivity contribution < 1.29 is 23.1 Å². The fraction of sp³-hybridized carbons (Fsp3) is 0.417. The van der Waals surface area contributed by atoms with Gasteiger partial charge < -0.3 is 10.0 Å². The van der Waals surface area contributed by atoms with Gasteiger partial charge in [-0.2, -0.15) is 13.2 Å². The SMILES string of the molecule is O=C(O)N1CC(CSc2ccc(C(F)(F)F)cc2Cl)C1. The average Bonchev–Trinajstić information content (AvgIpc) is 2.26. The van der Waals surface area contributed by atoms with Gasteiger partial charge in [0.15, 0.2) is 0 Å². The summed E-state index contributed by atoms with van der Waals surface area (Å²) in [6.07, 6.45) is -5.35. The van der Waals surface area contributed by atoms with Crippen LogP contribution in [0.1, 0.15) is 5.56 Å². The maximum Gasteiger partial charge on any atom is 0.416 e. The van der Waals surface area contributed by atoms with E-state index in [4.69, 9.17) is 16.7 Å². The van der Waals surface area contributed by atoms with Crippen LogP contribution in [-0.4, -0.2) is 34.9 Å². The van der Waals surface area contributed by atoms with E-state index in [1.54, 1.807) is 0 Å². The van der Waals surface area contributed by atoms with E-state index < -0.39 is 17.8 Å². The molecule has 1 N–H and O–H groups in total. The second-order valence-corrected chi connectivity index (χ2v) is 5.98.